The average Bonchev–Trinajstić information content (AvgIpc) is 2.82. The van der Waals surface area contributed by atoms with Gasteiger partial charge in [-0.25, -0.2) is 9.78 Å². The summed E-state index contributed by atoms with van der Waals surface area (Å²) in [5, 5.41) is 5.86. The number of nitrogens with one attached hydrogen (secondary N) is 3. The highest BCUT2D eigenvalue weighted by atomic mass is 16.5. The Morgan fingerprint density at radius 2 is 2.21 bits per heavy atom. The van der Waals surface area contributed by atoms with Crippen molar-refractivity contribution in [1.29, 1.82) is 0 Å². The molecule has 1 amide bonds. The second-order valence-electron chi connectivity index (χ2n) is 4.04. The number of methoxy groups -OCH3 is 1. The van der Waals surface area contributed by atoms with Gasteiger partial charge < -0.3 is 15.0 Å². The van der Waals surface area contributed by atoms with Crippen LogP contribution in [0.25, 0.3) is 0 Å². The molecular weight excluding hydrogens is 244 g/mol. The van der Waals surface area contributed by atoms with E-state index in [1.807, 2.05) is 25.1 Å². The molecule has 1 aromatic carbocycles. The molecule has 0 saturated carbocycles. The van der Waals surface area contributed by atoms with E-state index in [1.165, 1.54) is 7.11 Å². The fourth-order valence-corrected chi connectivity index (χ4v) is 1.63. The third-order valence-electron chi connectivity index (χ3n) is 2.53. The highest BCUT2D eigenvalue weighted by Crippen LogP contribution is 2.16. The van der Waals surface area contributed by atoms with Gasteiger partial charge in [0.15, 0.2) is 0 Å². The molecular formula is C13H16N4O2. The van der Waals surface area contributed by atoms with Gasteiger partial charge in [-0.2, -0.15) is 0 Å². The zero-order valence-corrected chi connectivity index (χ0v) is 10.9. The summed E-state index contributed by atoms with van der Waals surface area (Å²) in [6.07, 6.45) is 1.31. The van der Waals surface area contributed by atoms with Crippen molar-refractivity contribution in [3.8, 4) is 0 Å². The first kappa shape index (κ1) is 12.9. The van der Waals surface area contributed by atoms with Crippen molar-refractivity contribution in [3.63, 3.8) is 0 Å². The molecule has 1 heterocycles. The van der Waals surface area contributed by atoms with Gasteiger partial charge >= 0.3 is 6.09 Å². The molecule has 6 heteroatoms. The van der Waals surface area contributed by atoms with Gasteiger partial charge in [-0.3, -0.25) is 5.32 Å². The van der Waals surface area contributed by atoms with Crippen LogP contribution in [0.4, 0.5) is 16.2 Å². The monoisotopic (exact) mass is 260 g/mol. The molecule has 100 valence electrons. The zero-order chi connectivity index (χ0) is 13.7. The van der Waals surface area contributed by atoms with E-state index < -0.39 is 6.09 Å². The predicted molar refractivity (Wildman–Crippen MR) is 73.1 cm³/mol. The van der Waals surface area contributed by atoms with Gasteiger partial charge in [0.2, 0.25) is 0 Å². The highest BCUT2D eigenvalue weighted by Gasteiger charge is 2.02. The van der Waals surface area contributed by atoms with Crippen LogP contribution in [0.1, 0.15) is 11.5 Å². The Labute approximate surface area is 111 Å². The topological polar surface area (TPSA) is 79.0 Å². The molecule has 0 aliphatic carbocycles. The first-order valence-electron chi connectivity index (χ1n) is 5.87. The smallest absolute Gasteiger partial charge is 0.411 e. The van der Waals surface area contributed by atoms with Gasteiger partial charge in [-0.15, -0.1) is 0 Å². The van der Waals surface area contributed by atoms with E-state index in [0.717, 1.165) is 17.2 Å². The number of aryl methyl sites for hydroxylation is 1. The molecule has 0 saturated heterocycles. The predicted octanol–water partition coefficient (Wildman–Crippen LogP) is 2.51. The number of H-pyrrole nitrogens is 1. The lowest BCUT2D eigenvalue weighted by Crippen LogP contribution is -2.11. The fourth-order valence-electron chi connectivity index (χ4n) is 1.63. The Balaban J connectivity index is 1.97. The van der Waals surface area contributed by atoms with Crippen LogP contribution < -0.4 is 10.6 Å². The Morgan fingerprint density at radius 1 is 1.42 bits per heavy atom. The van der Waals surface area contributed by atoms with Gasteiger partial charge in [0.25, 0.3) is 0 Å². The molecule has 2 aromatic rings. The summed E-state index contributed by atoms with van der Waals surface area (Å²) in [5.74, 6) is 0.887. The van der Waals surface area contributed by atoms with Crippen LogP contribution in [0.2, 0.25) is 0 Å². The molecule has 0 aliphatic heterocycles. The van der Waals surface area contributed by atoms with Crippen LogP contribution in [-0.2, 0) is 11.3 Å². The van der Waals surface area contributed by atoms with E-state index in [1.54, 1.807) is 12.3 Å². The minimum Gasteiger partial charge on any atom is -0.453 e. The zero-order valence-electron chi connectivity index (χ0n) is 10.9. The summed E-state index contributed by atoms with van der Waals surface area (Å²) in [4.78, 5) is 18.4. The number of imidazole rings is 1. The van der Waals surface area contributed by atoms with Gasteiger partial charge in [-0.05, 0) is 25.1 Å². The molecule has 19 heavy (non-hydrogen) atoms. The number of carbonyl (C=O) groups is 1. The summed E-state index contributed by atoms with van der Waals surface area (Å²) >= 11 is 0. The second kappa shape index (κ2) is 5.90. The third-order valence-corrected chi connectivity index (χ3v) is 2.53. The van der Waals surface area contributed by atoms with E-state index in [4.69, 9.17) is 0 Å². The number of hydrogen-bond acceptors (Lipinski definition) is 4. The van der Waals surface area contributed by atoms with E-state index in [9.17, 15) is 4.79 Å². The van der Waals surface area contributed by atoms with Crippen molar-refractivity contribution in [2.45, 2.75) is 13.5 Å². The number of aromatic amines is 1. The molecule has 1 aromatic heterocycles. The number of ether oxygens (including phenoxy) is 1. The number of aromatic nitrogens is 2. The van der Waals surface area contributed by atoms with Crippen LogP contribution in [-0.4, -0.2) is 23.2 Å². The van der Waals surface area contributed by atoms with E-state index in [-0.39, 0.29) is 0 Å². The molecule has 0 spiro atoms. The molecule has 0 atom stereocenters. The first-order chi connectivity index (χ1) is 9.17. The number of amides is 1. The maximum Gasteiger partial charge on any atom is 0.411 e. The SMILES string of the molecule is COC(=O)Nc1cccc(NCc2cnc(C)[nH]2)c1. The van der Waals surface area contributed by atoms with Crippen molar-refractivity contribution in [2.75, 3.05) is 17.7 Å². The van der Waals surface area contributed by atoms with E-state index >= 15 is 0 Å². The standard InChI is InChI=1S/C13H16N4O2/c1-9-14-7-12(16-9)8-15-10-4-3-5-11(6-10)17-13(18)19-2/h3-7,15H,8H2,1-2H3,(H,14,16)(H,17,18). The van der Waals surface area contributed by atoms with Crippen molar-refractivity contribution >= 4 is 17.5 Å². The first-order valence-corrected chi connectivity index (χ1v) is 5.87. The Hall–Kier alpha value is -2.50. The number of benzene rings is 1. The molecule has 0 fully saturated rings. The minimum absolute atomic E-state index is 0.485. The molecule has 0 radical (unpaired) electrons. The largest absolute Gasteiger partial charge is 0.453 e. The molecule has 6 nitrogen and oxygen atoms in total. The lowest BCUT2D eigenvalue weighted by molar-refractivity contribution is 0.187. The summed E-state index contributed by atoms with van der Waals surface area (Å²) in [6.45, 7) is 2.55. The van der Waals surface area contributed by atoms with Crippen LogP contribution >= 0.6 is 0 Å². The molecule has 0 bridgehead atoms. The van der Waals surface area contributed by atoms with E-state index in [2.05, 4.69) is 25.3 Å². The number of anilines is 2. The average molecular weight is 260 g/mol. The molecule has 2 rings (SSSR count). The summed E-state index contributed by atoms with van der Waals surface area (Å²) in [5.41, 5.74) is 2.59. The van der Waals surface area contributed by atoms with Crippen LogP contribution in [0.3, 0.4) is 0 Å². The van der Waals surface area contributed by atoms with Crippen molar-refractivity contribution < 1.29 is 9.53 Å². The van der Waals surface area contributed by atoms with Gasteiger partial charge in [0.1, 0.15) is 5.82 Å². The van der Waals surface area contributed by atoms with E-state index in [0.29, 0.717) is 12.2 Å². The van der Waals surface area contributed by atoms with Gasteiger partial charge in [0.05, 0.1) is 25.5 Å². The molecule has 3 N–H and O–H groups in total. The summed E-state index contributed by atoms with van der Waals surface area (Å²) in [6, 6.07) is 7.40. The molecule has 0 aliphatic rings. The number of hydrogen-bond donors (Lipinski definition) is 3. The van der Waals surface area contributed by atoms with Crippen molar-refractivity contribution in [1.82, 2.24) is 9.97 Å². The number of carbonyl (C=O) groups excluding carboxylic acids is 1. The van der Waals surface area contributed by atoms with Gasteiger partial charge in [0, 0.05) is 11.4 Å². The Kier molecular flexibility index (Phi) is 4.02. The summed E-state index contributed by atoms with van der Waals surface area (Å²) in [7, 11) is 1.33. The van der Waals surface area contributed by atoms with Crippen LogP contribution in [0.5, 0.6) is 0 Å². The third kappa shape index (κ3) is 3.74. The Bertz CT molecular complexity index is 565. The highest BCUT2D eigenvalue weighted by molar-refractivity contribution is 5.85. The van der Waals surface area contributed by atoms with Crippen molar-refractivity contribution in [3.05, 3.63) is 42.0 Å². The summed E-state index contributed by atoms with van der Waals surface area (Å²) < 4.78 is 4.54. The minimum atomic E-state index is -0.485. The molecule has 0 unspecified atom stereocenters. The normalized spacial score (nSPS) is 10.0. The van der Waals surface area contributed by atoms with Crippen molar-refractivity contribution in [2.24, 2.45) is 0 Å². The lowest BCUT2D eigenvalue weighted by atomic mass is 10.2. The van der Waals surface area contributed by atoms with Crippen LogP contribution in [0.15, 0.2) is 30.5 Å². The maximum absolute atomic E-state index is 11.1. The lowest BCUT2D eigenvalue weighted by Gasteiger charge is -2.08. The van der Waals surface area contributed by atoms with Crippen LogP contribution in [0, 0.1) is 6.92 Å². The number of nitrogens with zero attached hydrogens (tertiary/aromatic N) is 1. The van der Waals surface area contributed by atoms with Gasteiger partial charge in [-0.1, -0.05) is 6.07 Å². The number of rotatable bonds is 4. The maximum atomic E-state index is 11.1. The second-order valence-corrected chi connectivity index (χ2v) is 4.04. The quantitative estimate of drug-likeness (QED) is 0.789. The Morgan fingerprint density at radius 3 is 2.89 bits per heavy atom. The fraction of sp³-hybridized carbons (Fsp3) is 0.231.